The van der Waals surface area contributed by atoms with Gasteiger partial charge in [-0.15, -0.1) is 0 Å². The summed E-state index contributed by atoms with van der Waals surface area (Å²) in [6, 6.07) is 20.2. The zero-order chi connectivity index (χ0) is 13.5. The Morgan fingerprint density at radius 1 is 0.947 bits per heavy atom. The maximum Gasteiger partial charge on any atom is 0.159 e. The molecule has 0 saturated heterocycles. The van der Waals surface area contributed by atoms with Crippen molar-refractivity contribution in [1.29, 1.82) is 0 Å². The van der Waals surface area contributed by atoms with Gasteiger partial charge in [-0.25, -0.2) is 0 Å². The van der Waals surface area contributed by atoms with E-state index in [-0.39, 0.29) is 6.10 Å². The molecule has 2 aromatic rings. The van der Waals surface area contributed by atoms with Crippen LogP contribution in [0.1, 0.15) is 24.2 Å². The summed E-state index contributed by atoms with van der Waals surface area (Å²) in [5.41, 5.74) is 2.15. The van der Waals surface area contributed by atoms with E-state index in [2.05, 4.69) is 12.1 Å². The Bertz CT molecular complexity index is 467. The van der Waals surface area contributed by atoms with Crippen LogP contribution in [0.4, 0.5) is 0 Å². The normalized spacial score (nSPS) is 12.6. The van der Waals surface area contributed by atoms with Gasteiger partial charge in [0.15, 0.2) is 6.10 Å². The highest BCUT2D eigenvalue weighted by atomic mass is 16.5. The molecular weight excluding hydrogens is 236 g/mol. The fraction of sp³-hybridized carbons (Fsp3) is 0.235. The van der Waals surface area contributed by atoms with Crippen LogP contribution in [0.2, 0.25) is 0 Å². The van der Waals surface area contributed by atoms with E-state index < -0.39 is 0 Å². The van der Waals surface area contributed by atoms with Crippen LogP contribution in [-0.4, -0.2) is 13.7 Å². The van der Waals surface area contributed by atoms with Crippen molar-refractivity contribution in [2.24, 2.45) is 0 Å². The average Bonchev–Trinajstić information content (AvgIpc) is 2.49. The minimum atomic E-state index is -0.177. The van der Waals surface area contributed by atoms with Gasteiger partial charge in [-0.2, -0.15) is 0 Å². The van der Waals surface area contributed by atoms with Gasteiger partial charge in [0.2, 0.25) is 0 Å². The third kappa shape index (κ3) is 3.43. The Kier molecular flexibility index (Phi) is 5.13. The lowest BCUT2D eigenvalue weighted by molar-refractivity contribution is 0.0291. The van der Waals surface area contributed by atoms with E-state index in [1.807, 2.05) is 55.5 Å². The molecule has 0 bridgehead atoms. The Balaban J connectivity index is 2.31. The smallest absolute Gasteiger partial charge is 0.159 e. The van der Waals surface area contributed by atoms with E-state index in [0.29, 0.717) is 6.61 Å². The Hall–Kier alpha value is -1.64. The third-order valence-corrected chi connectivity index (χ3v) is 2.93. The Labute approximate surface area is 115 Å². The minimum absolute atomic E-state index is 0.177. The van der Waals surface area contributed by atoms with Gasteiger partial charge in [-0.05, 0) is 18.1 Å². The highest BCUT2D eigenvalue weighted by Gasteiger charge is 2.26. The SMILES string of the molecule is CCO[C](c1ccccc1)C(OC)c1ccccc1. The zero-order valence-corrected chi connectivity index (χ0v) is 11.4. The van der Waals surface area contributed by atoms with Gasteiger partial charge in [0.25, 0.3) is 0 Å². The molecule has 99 valence electrons. The van der Waals surface area contributed by atoms with Crippen LogP contribution >= 0.6 is 0 Å². The first-order chi connectivity index (χ1) is 9.36. The van der Waals surface area contributed by atoms with Crippen LogP contribution in [0.25, 0.3) is 0 Å². The maximum atomic E-state index is 5.83. The molecule has 0 aliphatic carbocycles. The largest absolute Gasteiger partial charge is 0.373 e. The second kappa shape index (κ2) is 7.07. The summed E-state index contributed by atoms with van der Waals surface area (Å²) in [4.78, 5) is 0. The lowest BCUT2D eigenvalue weighted by Crippen LogP contribution is -2.17. The quantitative estimate of drug-likeness (QED) is 0.777. The van der Waals surface area contributed by atoms with Gasteiger partial charge in [-0.1, -0.05) is 60.7 Å². The molecule has 2 nitrogen and oxygen atoms in total. The summed E-state index contributed by atoms with van der Waals surface area (Å²) in [6.45, 7) is 2.61. The molecule has 1 atom stereocenters. The van der Waals surface area contributed by atoms with Crippen molar-refractivity contribution in [3.63, 3.8) is 0 Å². The van der Waals surface area contributed by atoms with Crippen LogP contribution < -0.4 is 0 Å². The molecular formula is C17H19O2. The molecule has 0 amide bonds. The lowest BCUT2D eigenvalue weighted by Gasteiger charge is -2.25. The van der Waals surface area contributed by atoms with Crippen LogP contribution in [0.3, 0.4) is 0 Å². The third-order valence-electron chi connectivity index (χ3n) is 2.93. The van der Waals surface area contributed by atoms with Crippen molar-refractivity contribution in [2.75, 3.05) is 13.7 Å². The summed E-state index contributed by atoms with van der Waals surface area (Å²) in [7, 11) is 1.71. The first kappa shape index (κ1) is 13.8. The molecule has 0 aromatic heterocycles. The molecule has 0 N–H and O–H groups in total. The van der Waals surface area contributed by atoms with Gasteiger partial charge in [-0.3, -0.25) is 0 Å². The summed E-state index contributed by atoms with van der Waals surface area (Å²) in [6.07, 6.45) is 0.681. The van der Waals surface area contributed by atoms with Crippen molar-refractivity contribution in [3.05, 3.63) is 77.9 Å². The molecule has 1 unspecified atom stereocenters. The summed E-state index contributed by atoms with van der Waals surface area (Å²) in [5, 5.41) is 0. The molecule has 2 aromatic carbocycles. The molecule has 2 heteroatoms. The van der Waals surface area contributed by atoms with Gasteiger partial charge >= 0.3 is 0 Å². The predicted octanol–water partition coefficient (Wildman–Crippen LogP) is 3.99. The molecule has 0 spiro atoms. The van der Waals surface area contributed by atoms with E-state index >= 15 is 0 Å². The average molecular weight is 255 g/mol. The molecule has 19 heavy (non-hydrogen) atoms. The second-order valence-electron chi connectivity index (χ2n) is 4.19. The summed E-state index contributed by atoms with van der Waals surface area (Å²) >= 11 is 0. The topological polar surface area (TPSA) is 18.5 Å². The van der Waals surface area contributed by atoms with Crippen molar-refractivity contribution in [1.82, 2.24) is 0 Å². The molecule has 0 heterocycles. The molecule has 0 aliphatic heterocycles. The number of benzene rings is 2. The van der Waals surface area contributed by atoms with Crippen molar-refractivity contribution < 1.29 is 9.47 Å². The van der Waals surface area contributed by atoms with Gasteiger partial charge in [0.05, 0.1) is 0 Å². The lowest BCUT2D eigenvalue weighted by atomic mass is 9.98. The Morgan fingerprint density at radius 2 is 1.53 bits per heavy atom. The first-order valence-electron chi connectivity index (χ1n) is 6.49. The van der Waals surface area contributed by atoms with Crippen LogP contribution in [-0.2, 0) is 9.47 Å². The van der Waals surface area contributed by atoms with Crippen molar-refractivity contribution >= 4 is 0 Å². The highest BCUT2D eigenvalue weighted by Crippen LogP contribution is 2.33. The van der Waals surface area contributed by atoms with Crippen LogP contribution in [0.15, 0.2) is 60.7 Å². The van der Waals surface area contributed by atoms with Gasteiger partial charge < -0.3 is 9.47 Å². The summed E-state index contributed by atoms with van der Waals surface area (Å²) < 4.78 is 11.5. The van der Waals surface area contributed by atoms with Crippen LogP contribution in [0, 0.1) is 6.10 Å². The number of rotatable bonds is 6. The van der Waals surface area contributed by atoms with E-state index in [0.717, 1.165) is 17.2 Å². The molecule has 1 radical (unpaired) electrons. The predicted molar refractivity (Wildman–Crippen MR) is 76.6 cm³/mol. The number of methoxy groups -OCH3 is 1. The Morgan fingerprint density at radius 3 is 2.05 bits per heavy atom. The van der Waals surface area contributed by atoms with E-state index in [1.165, 1.54) is 0 Å². The van der Waals surface area contributed by atoms with Gasteiger partial charge in [0, 0.05) is 13.7 Å². The molecule has 0 aliphatic rings. The second-order valence-corrected chi connectivity index (χ2v) is 4.19. The fourth-order valence-electron chi connectivity index (χ4n) is 2.09. The highest BCUT2D eigenvalue weighted by molar-refractivity contribution is 5.34. The first-order valence-corrected chi connectivity index (χ1v) is 6.49. The van der Waals surface area contributed by atoms with Crippen molar-refractivity contribution in [2.45, 2.75) is 13.0 Å². The van der Waals surface area contributed by atoms with Gasteiger partial charge in [0.1, 0.15) is 6.10 Å². The number of hydrogen-bond donors (Lipinski definition) is 0. The number of ether oxygens (including phenoxy) is 2. The van der Waals surface area contributed by atoms with Crippen molar-refractivity contribution in [3.8, 4) is 0 Å². The fourth-order valence-corrected chi connectivity index (χ4v) is 2.09. The molecule has 2 rings (SSSR count). The van der Waals surface area contributed by atoms with E-state index in [4.69, 9.17) is 9.47 Å². The monoisotopic (exact) mass is 255 g/mol. The summed E-state index contributed by atoms with van der Waals surface area (Å²) in [5.74, 6) is 0. The zero-order valence-electron chi connectivity index (χ0n) is 11.4. The molecule has 0 fully saturated rings. The number of hydrogen-bond acceptors (Lipinski definition) is 2. The minimum Gasteiger partial charge on any atom is -0.373 e. The van der Waals surface area contributed by atoms with E-state index in [9.17, 15) is 0 Å². The van der Waals surface area contributed by atoms with Crippen LogP contribution in [0.5, 0.6) is 0 Å². The maximum absolute atomic E-state index is 5.83. The molecule has 0 saturated carbocycles. The standard InChI is InChI=1S/C17H19O2/c1-3-19-17(15-12-8-5-9-13-15)16(18-2)14-10-6-4-7-11-14/h4-13,16H,3H2,1-2H3. The van der Waals surface area contributed by atoms with E-state index in [1.54, 1.807) is 7.11 Å².